The third-order valence-electron chi connectivity index (χ3n) is 6.01. The Hall–Kier alpha value is -3.70. The summed E-state index contributed by atoms with van der Waals surface area (Å²) in [5, 5.41) is 14.6. The van der Waals surface area contributed by atoms with Gasteiger partial charge in [0.05, 0.1) is 29.4 Å². The number of pyridine rings is 1. The van der Waals surface area contributed by atoms with Gasteiger partial charge in [0.2, 0.25) is 0 Å². The van der Waals surface area contributed by atoms with Gasteiger partial charge in [-0.05, 0) is 42.7 Å². The number of aromatic amines is 1. The molecule has 8 heteroatoms. The Bertz CT molecular complexity index is 1190. The summed E-state index contributed by atoms with van der Waals surface area (Å²) >= 11 is 0. The molecule has 1 aliphatic heterocycles. The first-order valence-electron chi connectivity index (χ1n) is 9.79. The maximum atomic E-state index is 12.5. The molecule has 150 valence electrons. The van der Waals surface area contributed by atoms with Gasteiger partial charge >= 0.3 is 0 Å². The molecule has 1 aliphatic carbocycles. The topological polar surface area (TPSA) is 113 Å². The Balaban J connectivity index is 1.32. The van der Waals surface area contributed by atoms with Crippen LogP contribution in [0.4, 0.5) is 0 Å². The van der Waals surface area contributed by atoms with Crippen LogP contribution in [0.2, 0.25) is 0 Å². The van der Waals surface area contributed by atoms with Crippen LogP contribution >= 0.6 is 0 Å². The molecule has 3 aromatic rings. The number of nitriles is 1. The van der Waals surface area contributed by atoms with E-state index in [4.69, 9.17) is 10.00 Å². The van der Waals surface area contributed by atoms with E-state index < -0.39 is 0 Å². The minimum absolute atomic E-state index is 0.134. The highest BCUT2D eigenvalue weighted by atomic mass is 16.5. The van der Waals surface area contributed by atoms with E-state index in [-0.39, 0.29) is 23.1 Å². The van der Waals surface area contributed by atoms with Crippen LogP contribution in [-0.2, 0) is 4.74 Å². The van der Waals surface area contributed by atoms with Gasteiger partial charge in [0, 0.05) is 17.8 Å². The quantitative estimate of drug-likeness (QED) is 0.697. The van der Waals surface area contributed by atoms with Crippen molar-refractivity contribution < 1.29 is 9.53 Å². The summed E-state index contributed by atoms with van der Waals surface area (Å²) < 4.78 is 7.04. The molecule has 30 heavy (non-hydrogen) atoms. The number of ether oxygens (including phenoxy) is 1. The predicted octanol–water partition coefficient (Wildman–Crippen LogP) is 2.36. The summed E-state index contributed by atoms with van der Waals surface area (Å²) in [5.74, 6) is 0.267. The predicted molar refractivity (Wildman–Crippen MR) is 108 cm³/mol. The Morgan fingerprint density at radius 1 is 1.27 bits per heavy atom. The second-order valence-corrected chi connectivity index (χ2v) is 7.83. The van der Waals surface area contributed by atoms with E-state index in [0.717, 1.165) is 19.4 Å². The maximum absolute atomic E-state index is 12.5. The van der Waals surface area contributed by atoms with Crippen molar-refractivity contribution in [2.24, 2.45) is 5.41 Å². The molecule has 0 bridgehead atoms. The summed E-state index contributed by atoms with van der Waals surface area (Å²) in [6.07, 6.45) is 6.29. The molecule has 8 nitrogen and oxygen atoms in total. The van der Waals surface area contributed by atoms with Crippen LogP contribution in [0.3, 0.4) is 0 Å². The van der Waals surface area contributed by atoms with Gasteiger partial charge in [-0.2, -0.15) is 5.26 Å². The Morgan fingerprint density at radius 2 is 2.07 bits per heavy atom. The Labute approximate surface area is 172 Å². The van der Waals surface area contributed by atoms with E-state index in [0.29, 0.717) is 28.1 Å². The number of nitrogens with one attached hydrogen (secondary N) is 2. The molecule has 1 unspecified atom stereocenters. The molecule has 5 rings (SSSR count). The molecule has 0 radical (unpaired) electrons. The monoisotopic (exact) mass is 401 g/mol. The van der Waals surface area contributed by atoms with Crippen LogP contribution in [0, 0.1) is 16.7 Å². The van der Waals surface area contributed by atoms with Crippen LogP contribution in [0.25, 0.3) is 16.9 Å². The van der Waals surface area contributed by atoms with E-state index in [2.05, 4.69) is 21.5 Å². The lowest BCUT2D eigenvalue weighted by atomic mass is 9.65. The van der Waals surface area contributed by atoms with Gasteiger partial charge in [-0.3, -0.25) is 14.7 Å². The largest absolute Gasteiger partial charge is 0.357 e. The van der Waals surface area contributed by atoms with Crippen molar-refractivity contribution >= 4 is 5.91 Å². The zero-order valence-corrected chi connectivity index (χ0v) is 16.1. The van der Waals surface area contributed by atoms with E-state index in [1.165, 1.54) is 17.3 Å². The first-order chi connectivity index (χ1) is 14.6. The van der Waals surface area contributed by atoms with E-state index in [1.807, 2.05) is 0 Å². The van der Waals surface area contributed by atoms with Crippen molar-refractivity contribution in [1.29, 1.82) is 5.26 Å². The number of carbonyl (C=O) groups is 1. The van der Waals surface area contributed by atoms with Gasteiger partial charge in [0.15, 0.2) is 5.82 Å². The average molecular weight is 401 g/mol. The van der Waals surface area contributed by atoms with Gasteiger partial charge < -0.3 is 10.1 Å². The normalized spacial score (nSPS) is 18.8. The van der Waals surface area contributed by atoms with Crippen LogP contribution < -0.4 is 10.9 Å². The molecule has 1 atom stereocenters. The Kier molecular flexibility index (Phi) is 4.26. The van der Waals surface area contributed by atoms with E-state index >= 15 is 0 Å². The smallest absolute Gasteiger partial charge is 0.272 e. The molecular formula is C22H19N5O3. The minimum atomic E-state index is -0.267. The number of H-pyrrole nitrogens is 1. The van der Waals surface area contributed by atoms with Gasteiger partial charge in [-0.1, -0.05) is 18.6 Å². The van der Waals surface area contributed by atoms with Gasteiger partial charge in [-0.25, -0.2) is 9.67 Å². The number of benzene rings is 1. The molecule has 1 aromatic carbocycles. The molecule has 1 amide bonds. The zero-order valence-electron chi connectivity index (χ0n) is 16.1. The van der Waals surface area contributed by atoms with Gasteiger partial charge in [0.1, 0.15) is 6.23 Å². The van der Waals surface area contributed by atoms with Crippen molar-refractivity contribution in [3.8, 4) is 23.0 Å². The third kappa shape index (κ3) is 3.00. The molecule has 1 spiro atoms. The van der Waals surface area contributed by atoms with Crippen molar-refractivity contribution in [3.63, 3.8) is 0 Å². The summed E-state index contributed by atoms with van der Waals surface area (Å²) in [4.78, 5) is 29.2. The average Bonchev–Trinajstić information content (AvgIpc) is 3.12. The van der Waals surface area contributed by atoms with Crippen molar-refractivity contribution in [2.45, 2.75) is 25.5 Å². The molecule has 3 heterocycles. The van der Waals surface area contributed by atoms with Crippen LogP contribution in [0.5, 0.6) is 0 Å². The number of aromatic nitrogens is 3. The van der Waals surface area contributed by atoms with Gasteiger partial charge in [0.25, 0.3) is 11.5 Å². The highest BCUT2D eigenvalue weighted by molar-refractivity contribution is 5.94. The number of hydrogen-bond donors (Lipinski definition) is 2. The molecule has 1 saturated heterocycles. The number of rotatable bonds is 4. The van der Waals surface area contributed by atoms with Crippen LogP contribution in [-0.4, -0.2) is 33.5 Å². The molecular weight excluding hydrogens is 382 g/mol. The number of nitrogens with zero attached hydrogens (tertiary/aromatic N) is 3. The first kappa shape index (κ1) is 18.3. The van der Waals surface area contributed by atoms with Gasteiger partial charge in [-0.15, -0.1) is 0 Å². The summed E-state index contributed by atoms with van der Waals surface area (Å²) in [7, 11) is 0. The number of amides is 1. The molecule has 2 fully saturated rings. The fourth-order valence-corrected chi connectivity index (χ4v) is 3.94. The highest BCUT2D eigenvalue weighted by Crippen LogP contribution is 2.50. The third-order valence-corrected chi connectivity index (χ3v) is 6.01. The molecule has 2 N–H and O–H groups in total. The minimum Gasteiger partial charge on any atom is -0.357 e. The zero-order chi connectivity index (χ0) is 20.7. The second kappa shape index (κ2) is 6.97. The van der Waals surface area contributed by atoms with Crippen LogP contribution in [0.15, 0.2) is 53.6 Å². The Morgan fingerprint density at radius 3 is 2.63 bits per heavy atom. The second-order valence-electron chi connectivity index (χ2n) is 7.83. The first-order valence-corrected chi connectivity index (χ1v) is 9.79. The van der Waals surface area contributed by atoms with Crippen molar-refractivity contribution in [1.82, 2.24) is 20.1 Å². The summed E-state index contributed by atoms with van der Waals surface area (Å²) in [6.45, 7) is 0.720. The molecule has 1 saturated carbocycles. The fourth-order valence-electron chi connectivity index (χ4n) is 3.94. The van der Waals surface area contributed by atoms with E-state index in [9.17, 15) is 9.59 Å². The molecule has 2 aromatic heterocycles. The maximum Gasteiger partial charge on any atom is 0.272 e. The van der Waals surface area contributed by atoms with Crippen molar-refractivity contribution in [2.75, 3.05) is 6.61 Å². The lowest BCUT2D eigenvalue weighted by Crippen LogP contribution is -2.63. The fraction of sp³-hybridized carbons (Fsp3) is 0.273. The van der Waals surface area contributed by atoms with Crippen LogP contribution in [0.1, 0.15) is 35.2 Å². The van der Waals surface area contributed by atoms with E-state index in [1.54, 1.807) is 42.6 Å². The summed E-state index contributed by atoms with van der Waals surface area (Å²) in [6, 6.07) is 12.2. The number of hydrogen-bond acceptors (Lipinski definition) is 5. The van der Waals surface area contributed by atoms with Crippen molar-refractivity contribution in [3.05, 3.63) is 70.3 Å². The standard InChI is InChI=1S/C22H19N5O3/c23-10-14-2-4-15(5-3-14)17-12-27(26-20(17)29)18-7-6-16(11-24-18)19(28)25-21-22(13-30-21)8-1-9-22/h2-7,11-12,21H,1,8-9,13H2,(H,25,28)(H,26,29). The lowest BCUT2D eigenvalue weighted by Gasteiger charge is -2.54. The summed E-state index contributed by atoms with van der Waals surface area (Å²) in [5.41, 5.74) is 2.00. The number of carbonyl (C=O) groups excluding carboxylic acids is 1. The molecule has 2 aliphatic rings. The highest BCUT2D eigenvalue weighted by Gasteiger charge is 2.53. The SMILES string of the molecule is N#Cc1ccc(-c2cn(-c3ccc(C(=O)NC4OCC45CCC5)cn3)[nH]c2=O)cc1. The lowest BCUT2D eigenvalue weighted by molar-refractivity contribution is -0.230.